The van der Waals surface area contributed by atoms with E-state index in [0.717, 1.165) is 45.7 Å². The van der Waals surface area contributed by atoms with Crippen LogP contribution >= 0.6 is 0 Å². The van der Waals surface area contributed by atoms with E-state index in [1.54, 1.807) is 0 Å². The van der Waals surface area contributed by atoms with Crippen molar-refractivity contribution >= 4 is 11.6 Å². The van der Waals surface area contributed by atoms with E-state index >= 15 is 0 Å². The Morgan fingerprint density at radius 3 is 2.49 bits per heavy atom. The summed E-state index contributed by atoms with van der Waals surface area (Å²) in [5, 5.41) is 10.0. The number of aliphatic hydroxyl groups excluding tert-OH is 1. The lowest BCUT2D eigenvalue weighted by Gasteiger charge is -2.36. The fourth-order valence-corrected chi connectivity index (χ4v) is 4.84. The SMILES string of the molecule is CCOCC(O)CN1CCN(Cc2nc(C(=O)N3CCN(c4ccccc4CC)CC3)co2)CC1. The highest BCUT2D eigenvalue weighted by Gasteiger charge is 2.26. The second kappa shape index (κ2) is 12.5. The standard InChI is InChI=1S/C26H39N5O4/c1-3-21-7-5-6-8-24(21)30-13-15-31(16-14-30)26(33)23-20-35-25(27-23)18-29-11-9-28(10-12-29)17-22(32)19-34-4-2/h5-8,20,22,32H,3-4,9-19H2,1-2H3. The highest BCUT2D eigenvalue weighted by Crippen LogP contribution is 2.23. The molecule has 1 unspecified atom stereocenters. The van der Waals surface area contributed by atoms with E-state index in [1.165, 1.54) is 17.5 Å². The zero-order valence-electron chi connectivity index (χ0n) is 21.1. The average Bonchev–Trinajstić information content (AvgIpc) is 3.36. The number of piperazine rings is 2. The van der Waals surface area contributed by atoms with Crippen LogP contribution in [-0.4, -0.2) is 109 Å². The van der Waals surface area contributed by atoms with E-state index < -0.39 is 6.10 Å². The van der Waals surface area contributed by atoms with E-state index in [-0.39, 0.29) is 5.91 Å². The molecule has 9 nitrogen and oxygen atoms in total. The number of hydrogen-bond donors (Lipinski definition) is 1. The Labute approximate surface area is 208 Å². The molecule has 0 saturated carbocycles. The first-order chi connectivity index (χ1) is 17.1. The van der Waals surface area contributed by atoms with Crippen LogP contribution in [-0.2, 0) is 17.7 Å². The highest BCUT2D eigenvalue weighted by molar-refractivity contribution is 5.92. The molecule has 1 aromatic carbocycles. The molecule has 2 fully saturated rings. The van der Waals surface area contributed by atoms with Gasteiger partial charge in [-0.2, -0.15) is 0 Å². The highest BCUT2D eigenvalue weighted by atomic mass is 16.5. The summed E-state index contributed by atoms with van der Waals surface area (Å²) in [7, 11) is 0. The number of aromatic nitrogens is 1. The van der Waals surface area contributed by atoms with Gasteiger partial charge in [-0.1, -0.05) is 25.1 Å². The Hall–Kier alpha value is -2.46. The van der Waals surface area contributed by atoms with E-state index in [0.29, 0.717) is 51.0 Å². The lowest BCUT2D eigenvalue weighted by molar-refractivity contribution is 0.00948. The van der Waals surface area contributed by atoms with Gasteiger partial charge in [-0.05, 0) is 25.0 Å². The number of β-amino-alcohol motifs (C(OH)–C–C–N with tert-alkyl or cyclic N) is 1. The normalized spacial score (nSPS) is 18.7. The summed E-state index contributed by atoms with van der Waals surface area (Å²) in [4.78, 5) is 26.3. The van der Waals surface area contributed by atoms with E-state index in [1.807, 2.05) is 11.8 Å². The maximum atomic E-state index is 13.0. The van der Waals surface area contributed by atoms with Crippen molar-refractivity contribution in [3.8, 4) is 0 Å². The predicted octanol–water partition coefficient (Wildman–Crippen LogP) is 1.71. The van der Waals surface area contributed by atoms with Gasteiger partial charge in [0.05, 0.1) is 19.3 Å². The second-order valence-electron chi connectivity index (χ2n) is 9.28. The number of carbonyl (C=O) groups is 1. The minimum absolute atomic E-state index is 0.0588. The van der Waals surface area contributed by atoms with Crippen molar-refractivity contribution in [1.82, 2.24) is 19.7 Å². The summed E-state index contributed by atoms with van der Waals surface area (Å²) >= 11 is 0. The summed E-state index contributed by atoms with van der Waals surface area (Å²) < 4.78 is 11.0. The molecule has 2 saturated heterocycles. The fraction of sp³-hybridized carbons (Fsp3) is 0.615. The van der Waals surface area contributed by atoms with Crippen LogP contribution in [0.3, 0.4) is 0 Å². The first-order valence-electron chi connectivity index (χ1n) is 12.8. The van der Waals surface area contributed by atoms with Crippen molar-refractivity contribution in [3.05, 3.63) is 47.7 Å². The second-order valence-corrected chi connectivity index (χ2v) is 9.28. The number of aliphatic hydroxyl groups is 1. The van der Waals surface area contributed by atoms with Crippen LogP contribution < -0.4 is 4.90 Å². The minimum atomic E-state index is -0.454. The van der Waals surface area contributed by atoms with Gasteiger partial charge in [0.25, 0.3) is 5.91 Å². The predicted molar refractivity (Wildman–Crippen MR) is 135 cm³/mol. The molecule has 1 N–H and O–H groups in total. The van der Waals surface area contributed by atoms with Gasteiger partial charge in [0, 0.05) is 71.2 Å². The molecule has 2 aromatic rings. The summed E-state index contributed by atoms with van der Waals surface area (Å²) in [5.41, 5.74) is 3.01. The number of amides is 1. The molecule has 35 heavy (non-hydrogen) atoms. The number of rotatable bonds is 10. The number of carbonyl (C=O) groups excluding carboxylic acids is 1. The molecule has 3 heterocycles. The molecular formula is C26H39N5O4. The number of aryl methyl sites for hydroxylation is 1. The van der Waals surface area contributed by atoms with Gasteiger partial charge in [-0.15, -0.1) is 0 Å². The molecule has 0 radical (unpaired) electrons. The third kappa shape index (κ3) is 6.82. The van der Waals surface area contributed by atoms with Gasteiger partial charge in [0.15, 0.2) is 5.69 Å². The van der Waals surface area contributed by atoms with Crippen molar-refractivity contribution in [1.29, 1.82) is 0 Å². The smallest absolute Gasteiger partial charge is 0.275 e. The topological polar surface area (TPSA) is 85.5 Å². The van der Waals surface area contributed by atoms with Crippen molar-refractivity contribution in [2.75, 3.05) is 77.0 Å². The Kier molecular flexibility index (Phi) is 9.14. The van der Waals surface area contributed by atoms with Gasteiger partial charge < -0.3 is 24.1 Å². The van der Waals surface area contributed by atoms with Crippen molar-refractivity contribution in [2.45, 2.75) is 32.9 Å². The minimum Gasteiger partial charge on any atom is -0.447 e. The van der Waals surface area contributed by atoms with Gasteiger partial charge in [0.1, 0.15) is 6.26 Å². The largest absolute Gasteiger partial charge is 0.447 e. The first-order valence-corrected chi connectivity index (χ1v) is 12.8. The molecule has 0 spiro atoms. The summed E-state index contributed by atoms with van der Waals surface area (Å²) in [6.45, 7) is 12.8. The Bertz CT molecular complexity index is 935. The monoisotopic (exact) mass is 485 g/mol. The van der Waals surface area contributed by atoms with E-state index in [9.17, 15) is 9.90 Å². The molecule has 0 bridgehead atoms. The van der Waals surface area contributed by atoms with Crippen LogP contribution in [0.15, 0.2) is 34.9 Å². The summed E-state index contributed by atoms with van der Waals surface area (Å²) in [6.07, 6.45) is 2.05. The zero-order chi connectivity index (χ0) is 24.6. The molecule has 2 aliphatic heterocycles. The Balaban J connectivity index is 1.22. The van der Waals surface area contributed by atoms with E-state index in [2.05, 4.69) is 50.9 Å². The fourth-order valence-electron chi connectivity index (χ4n) is 4.84. The summed E-state index contributed by atoms with van der Waals surface area (Å²) in [5.74, 6) is 0.519. The Morgan fingerprint density at radius 2 is 1.77 bits per heavy atom. The maximum Gasteiger partial charge on any atom is 0.275 e. The van der Waals surface area contributed by atoms with Gasteiger partial charge in [-0.3, -0.25) is 14.6 Å². The molecule has 1 atom stereocenters. The van der Waals surface area contributed by atoms with Crippen LogP contribution in [0.25, 0.3) is 0 Å². The van der Waals surface area contributed by atoms with E-state index in [4.69, 9.17) is 9.15 Å². The molecule has 4 rings (SSSR count). The van der Waals surface area contributed by atoms with Crippen molar-refractivity contribution < 1.29 is 19.1 Å². The number of nitrogens with zero attached hydrogens (tertiary/aromatic N) is 5. The quantitative estimate of drug-likeness (QED) is 0.545. The number of hydrogen-bond acceptors (Lipinski definition) is 8. The molecule has 2 aliphatic rings. The van der Waals surface area contributed by atoms with Crippen LogP contribution in [0.2, 0.25) is 0 Å². The van der Waals surface area contributed by atoms with Crippen LogP contribution in [0.4, 0.5) is 5.69 Å². The molecule has 192 valence electrons. The van der Waals surface area contributed by atoms with Gasteiger partial charge in [0.2, 0.25) is 5.89 Å². The van der Waals surface area contributed by atoms with Crippen LogP contribution in [0.5, 0.6) is 0 Å². The number of oxazole rings is 1. The zero-order valence-corrected chi connectivity index (χ0v) is 21.1. The molecule has 0 aliphatic carbocycles. The van der Waals surface area contributed by atoms with Gasteiger partial charge >= 0.3 is 0 Å². The van der Waals surface area contributed by atoms with Crippen LogP contribution in [0.1, 0.15) is 35.8 Å². The number of ether oxygens (including phenoxy) is 1. The summed E-state index contributed by atoms with van der Waals surface area (Å²) in [6, 6.07) is 8.51. The van der Waals surface area contributed by atoms with Crippen molar-refractivity contribution in [3.63, 3.8) is 0 Å². The lowest BCUT2D eigenvalue weighted by atomic mass is 10.1. The number of benzene rings is 1. The first kappa shape index (κ1) is 25.6. The maximum absolute atomic E-state index is 13.0. The lowest BCUT2D eigenvalue weighted by Crippen LogP contribution is -2.49. The molecule has 9 heteroatoms. The van der Waals surface area contributed by atoms with Crippen molar-refractivity contribution in [2.24, 2.45) is 0 Å². The third-order valence-corrected chi connectivity index (χ3v) is 6.86. The Morgan fingerprint density at radius 1 is 1.06 bits per heavy atom. The average molecular weight is 486 g/mol. The number of anilines is 1. The van der Waals surface area contributed by atoms with Gasteiger partial charge in [-0.25, -0.2) is 4.98 Å². The third-order valence-electron chi connectivity index (χ3n) is 6.86. The van der Waals surface area contributed by atoms with Crippen LogP contribution in [0, 0.1) is 0 Å². The number of para-hydroxylation sites is 1. The molecular weight excluding hydrogens is 446 g/mol. The molecule has 1 amide bonds. The molecule has 1 aromatic heterocycles.